The van der Waals surface area contributed by atoms with Crippen LogP contribution in [0.1, 0.15) is 6.92 Å². The second-order valence-corrected chi connectivity index (χ2v) is 4.96. The summed E-state index contributed by atoms with van der Waals surface area (Å²) in [6.07, 6.45) is 0. The van der Waals surface area contributed by atoms with Gasteiger partial charge in [0.05, 0.1) is 18.1 Å². The lowest BCUT2D eigenvalue weighted by Crippen LogP contribution is -2.42. The van der Waals surface area contributed by atoms with Crippen LogP contribution in [0.5, 0.6) is 0 Å². The molecular weight excluding hydrogens is 260 g/mol. The number of nitrogens with two attached hydrogens (primary N) is 1. The Bertz CT molecular complexity index is 475. The number of benzene rings is 1. The van der Waals surface area contributed by atoms with Gasteiger partial charge in [-0.1, -0.05) is 6.07 Å². The highest BCUT2D eigenvalue weighted by Crippen LogP contribution is 2.30. The van der Waals surface area contributed by atoms with Gasteiger partial charge in [0.15, 0.2) is 0 Å². The molecule has 7 heteroatoms. The van der Waals surface area contributed by atoms with Crippen molar-refractivity contribution < 1.29 is 9.66 Å². The molecule has 1 heterocycles. The molecule has 1 aliphatic heterocycles. The summed E-state index contributed by atoms with van der Waals surface area (Å²) in [5, 5.41) is 14.2. The summed E-state index contributed by atoms with van der Waals surface area (Å²) in [5.41, 5.74) is 6.27. The van der Waals surface area contributed by atoms with E-state index < -0.39 is 4.92 Å². The van der Waals surface area contributed by atoms with Crippen LogP contribution in [0.4, 0.5) is 17.1 Å². The van der Waals surface area contributed by atoms with Gasteiger partial charge in [0.1, 0.15) is 11.4 Å². The van der Waals surface area contributed by atoms with Gasteiger partial charge in [-0.3, -0.25) is 15.0 Å². The van der Waals surface area contributed by atoms with Crippen LogP contribution in [-0.2, 0) is 4.74 Å². The Balaban J connectivity index is 2.01. The van der Waals surface area contributed by atoms with Crippen LogP contribution in [0.15, 0.2) is 18.2 Å². The molecule has 1 aliphatic rings. The molecule has 110 valence electrons. The van der Waals surface area contributed by atoms with E-state index >= 15 is 0 Å². The number of ether oxygens (including phenoxy) is 1. The van der Waals surface area contributed by atoms with Crippen molar-refractivity contribution in [1.29, 1.82) is 0 Å². The third kappa shape index (κ3) is 3.58. The molecule has 7 nitrogen and oxygen atoms in total. The highest BCUT2D eigenvalue weighted by molar-refractivity contribution is 5.74. The Morgan fingerprint density at radius 1 is 1.50 bits per heavy atom. The molecule has 1 aromatic rings. The zero-order valence-corrected chi connectivity index (χ0v) is 11.5. The van der Waals surface area contributed by atoms with E-state index in [1.54, 1.807) is 12.1 Å². The minimum absolute atomic E-state index is 0.0543. The molecule has 3 N–H and O–H groups in total. The summed E-state index contributed by atoms with van der Waals surface area (Å²) < 4.78 is 5.30. The van der Waals surface area contributed by atoms with Gasteiger partial charge >= 0.3 is 5.69 Å². The number of hydrogen-bond acceptors (Lipinski definition) is 6. The first-order valence-corrected chi connectivity index (χ1v) is 6.67. The zero-order valence-electron chi connectivity index (χ0n) is 11.5. The molecule has 1 fully saturated rings. The van der Waals surface area contributed by atoms with Crippen molar-refractivity contribution in [3.63, 3.8) is 0 Å². The van der Waals surface area contributed by atoms with Crippen molar-refractivity contribution >= 4 is 17.1 Å². The highest BCUT2D eigenvalue weighted by atomic mass is 16.6. The van der Waals surface area contributed by atoms with E-state index in [0.717, 1.165) is 32.8 Å². The van der Waals surface area contributed by atoms with Crippen LogP contribution >= 0.6 is 0 Å². The van der Waals surface area contributed by atoms with E-state index in [4.69, 9.17) is 10.5 Å². The summed E-state index contributed by atoms with van der Waals surface area (Å²) in [6, 6.07) is 5.03. The monoisotopic (exact) mass is 280 g/mol. The lowest BCUT2D eigenvalue weighted by Gasteiger charge is -2.29. The van der Waals surface area contributed by atoms with Gasteiger partial charge < -0.3 is 15.8 Å². The molecule has 0 aromatic heterocycles. The summed E-state index contributed by atoms with van der Waals surface area (Å²) in [6.45, 7) is 6.09. The lowest BCUT2D eigenvalue weighted by molar-refractivity contribution is -0.383. The predicted molar refractivity (Wildman–Crippen MR) is 77.9 cm³/mol. The number of nitro benzene ring substituents is 1. The number of para-hydroxylation sites is 1. The van der Waals surface area contributed by atoms with Crippen molar-refractivity contribution in [2.24, 2.45) is 0 Å². The molecule has 1 unspecified atom stereocenters. The van der Waals surface area contributed by atoms with E-state index in [9.17, 15) is 10.1 Å². The highest BCUT2D eigenvalue weighted by Gasteiger charge is 2.20. The fourth-order valence-electron chi connectivity index (χ4n) is 2.36. The first-order valence-electron chi connectivity index (χ1n) is 6.67. The Morgan fingerprint density at radius 2 is 2.20 bits per heavy atom. The summed E-state index contributed by atoms with van der Waals surface area (Å²) in [4.78, 5) is 12.9. The van der Waals surface area contributed by atoms with E-state index in [1.165, 1.54) is 6.07 Å². The quantitative estimate of drug-likeness (QED) is 0.480. The maximum atomic E-state index is 11.1. The summed E-state index contributed by atoms with van der Waals surface area (Å²) in [5.74, 6) is 0. The Labute approximate surface area is 117 Å². The van der Waals surface area contributed by atoms with Crippen LogP contribution in [0.2, 0.25) is 0 Å². The van der Waals surface area contributed by atoms with Crippen molar-refractivity contribution in [3.8, 4) is 0 Å². The number of nitrogens with one attached hydrogen (secondary N) is 1. The molecule has 0 saturated carbocycles. The Kier molecular flexibility index (Phi) is 4.75. The minimum Gasteiger partial charge on any atom is -0.393 e. The fraction of sp³-hybridized carbons (Fsp3) is 0.538. The van der Waals surface area contributed by atoms with Gasteiger partial charge in [-0.05, 0) is 19.1 Å². The number of nitro groups is 1. The van der Waals surface area contributed by atoms with Gasteiger partial charge in [-0.2, -0.15) is 0 Å². The van der Waals surface area contributed by atoms with Crippen LogP contribution < -0.4 is 11.1 Å². The van der Waals surface area contributed by atoms with Gasteiger partial charge in [-0.15, -0.1) is 0 Å². The van der Waals surface area contributed by atoms with Crippen molar-refractivity contribution in [3.05, 3.63) is 28.3 Å². The smallest absolute Gasteiger partial charge is 0.314 e. The van der Waals surface area contributed by atoms with Crippen LogP contribution in [0, 0.1) is 10.1 Å². The van der Waals surface area contributed by atoms with E-state index in [0.29, 0.717) is 5.69 Å². The van der Waals surface area contributed by atoms with Crippen molar-refractivity contribution in [2.45, 2.75) is 13.0 Å². The number of rotatable bonds is 5. The van der Waals surface area contributed by atoms with Crippen LogP contribution in [0.3, 0.4) is 0 Å². The van der Waals surface area contributed by atoms with E-state index in [-0.39, 0.29) is 17.4 Å². The van der Waals surface area contributed by atoms with Crippen molar-refractivity contribution in [1.82, 2.24) is 4.90 Å². The number of anilines is 2. The third-order valence-electron chi connectivity index (χ3n) is 3.29. The second kappa shape index (κ2) is 6.53. The van der Waals surface area contributed by atoms with Gasteiger partial charge in [-0.25, -0.2) is 0 Å². The zero-order chi connectivity index (χ0) is 14.5. The normalized spacial score (nSPS) is 17.6. The maximum absolute atomic E-state index is 11.1. The molecule has 0 amide bonds. The lowest BCUT2D eigenvalue weighted by atomic mass is 10.2. The Morgan fingerprint density at radius 3 is 2.85 bits per heavy atom. The average Bonchev–Trinajstić information content (AvgIpc) is 2.39. The molecule has 2 rings (SSSR count). The van der Waals surface area contributed by atoms with Crippen LogP contribution in [0.25, 0.3) is 0 Å². The molecule has 0 spiro atoms. The number of morpholine rings is 1. The molecule has 0 radical (unpaired) electrons. The fourth-order valence-corrected chi connectivity index (χ4v) is 2.36. The first-order chi connectivity index (χ1) is 9.58. The standard InChI is InChI=1S/C13H20N4O3/c1-10(9-16-5-7-20-8-6-16)15-12-4-2-3-11(14)13(12)17(18)19/h2-4,10,15H,5-9,14H2,1H3. The number of hydrogen-bond donors (Lipinski definition) is 2. The third-order valence-corrected chi connectivity index (χ3v) is 3.29. The SMILES string of the molecule is CC(CN1CCOCC1)Nc1cccc(N)c1[N+](=O)[O-]. The maximum Gasteiger partial charge on any atom is 0.314 e. The molecular formula is C13H20N4O3. The minimum atomic E-state index is -0.445. The average molecular weight is 280 g/mol. The molecule has 0 aliphatic carbocycles. The van der Waals surface area contributed by atoms with Gasteiger partial charge in [0, 0.05) is 25.7 Å². The van der Waals surface area contributed by atoms with E-state index in [2.05, 4.69) is 10.2 Å². The molecule has 1 saturated heterocycles. The predicted octanol–water partition coefficient (Wildman–Crippen LogP) is 1.31. The molecule has 1 atom stereocenters. The number of nitrogens with zero attached hydrogens (tertiary/aromatic N) is 2. The second-order valence-electron chi connectivity index (χ2n) is 4.96. The summed E-state index contributed by atoms with van der Waals surface area (Å²) in [7, 11) is 0. The van der Waals surface area contributed by atoms with Gasteiger partial charge in [0.2, 0.25) is 0 Å². The van der Waals surface area contributed by atoms with Crippen LogP contribution in [-0.4, -0.2) is 48.7 Å². The molecule has 20 heavy (non-hydrogen) atoms. The van der Waals surface area contributed by atoms with Crippen molar-refractivity contribution in [2.75, 3.05) is 43.9 Å². The Hall–Kier alpha value is -1.86. The first kappa shape index (κ1) is 14.5. The topological polar surface area (TPSA) is 93.7 Å². The van der Waals surface area contributed by atoms with E-state index in [1.807, 2.05) is 6.92 Å². The number of nitrogen functional groups attached to an aromatic ring is 1. The summed E-state index contributed by atoms with van der Waals surface area (Å²) >= 11 is 0. The van der Waals surface area contributed by atoms with Gasteiger partial charge in [0.25, 0.3) is 0 Å². The molecule has 1 aromatic carbocycles. The largest absolute Gasteiger partial charge is 0.393 e. The molecule has 0 bridgehead atoms.